The molecule has 0 saturated carbocycles. The van der Waals surface area contributed by atoms with Gasteiger partial charge in [-0.2, -0.15) is 5.10 Å². The summed E-state index contributed by atoms with van der Waals surface area (Å²) < 4.78 is 6.75. The third-order valence-corrected chi connectivity index (χ3v) is 4.42. The Balaban J connectivity index is 1.75. The Labute approximate surface area is 152 Å². The van der Waals surface area contributed by atoms with E-state index in [9.17, 15) is 9.59 Å². The van der Waals surface area contributed by atoms with E-state index >= 15 is 0 Å². The highest BCUT2D eigenvalue weighted by Gasteiger charge is 2.26. The van der Waals surface area contributed by atoms with E-state index < -0.39 is 5.97 Å². The van der Waals surface area contributed by atoms with Gasteiger partial charge in [-0.1, -0.05) is 13.8 Å². The van der Waals surface area contributed by atoms with Gasteiger partial charge < -0.3 is 10.1 Å². The van der Waals surface area contributed by atoms with Gasteiger partial charge in [-0.05, 0) is 19.3 Å². The minimum absolute atomic E-state index is 0.148. The van der Waals surface area contributed by atoms with E-state index in [1.165, 1.54) is 19.5 Å². The highest BCUT2D eigenvalue weighted by atomic mass is 16.5. The van der Waals surface area contributed by atoms with Gasteiger partial charge in [0.15, 0.2) is 0 Å². The van der Waals surface area contributed by atoms with E-state index in [1.54, 1.807) is 0 Å². The van der Waals surface area contributed by atoms with Gasteiger partial charge in [0, 0.05) is 24.9 Å². The molecule has 8 heteroatoms. The number of nitrogens with zero attached hydrogens (tertiary/aromatic N) is 4. The molecule has 26 heavy (non-hydrogen) atoms. The van der Waals surface area contributed by atoms with Crippen molar-refractivity contribution < 1.29 is 14.3 Å². The lowest BCUT2D eigenvalue weighted by Gasteiger charge is -2.13. The standard InChI is InChI=1S/C18H23N5O3/c1-11(2)16-19-8-12(9-20-16)17(24)21-10-13-15(18(25)26-3)14-6-4-5-7-23(14)22-13/h8-9,11H,4-7,10H2,1-3H3,(H,21,24). The summed E-state index contributed by atoms with van der Waals surface area (Å²) in [6, 6.07) is 0. The summed E-state index contributed by atoms with van der Waals surface area (Å²) in [7, 11) is 1.35. The van der Waals surface area contributed by atoms with Gasteiger partial charge in [-0.25, -0.2) is 14.8 Å². The van der Waals surface area contributed by atoms with Crippen LogP contribution in [-0.2, 0) is 24.2 Å². The summed E-state index contributed by atoms with van der Waals surface area (Å²) in [4.78, 5) is 32.9. The first-order valence-electron chi connectivity index (χ1n) is 8.78. The number of carbonyl (C=O) groups is 2. The van der Waals surface area contributed by atoms with Crippen LogP contribution in [0.1, 0.15) is 70.5 Å². The molecule has 2 aromatic heterocycles. The molecule has 0 aromatic carbocycles. The van der Waals surface area contributed by atoms with Crippen LogP contribution < -0.4 is 5.32 Å². The Hall–Kier alpha value is -2.77. The zero-order chi connectivity index (χ0) is 18.7. The van der Waals surface area contributed by atoms with Crippen molar-refractivity contribution in [2.75, 3.05) is 7.11 Å². The maximum atomic E-state index is 12.4. The van der Waals surface area contributed by atoms with Crippen LogP contribution in [0.4, 0.5) is 0 Å². The quantitative estimate of drug-likeness (QED) is 0.820. The van der Waals surface area contributed by atoms with E-state index in [1.807, 2.05) is 18.5 Å². The SMILES string of the molecule is COC(=O)c1c(CNC(=O)c2cnc(C(C)C)nc2)nn2c1CCCC2. The fraction of sp³-hybridized carbons (Fsp3) is 0.500. The van der Waals surface area contributed by atoms with Gasteiger partial charge in [0.2, 0.25) is 0 Å². The van der Waals surface area contributed by atoms with Crippen molar-refractivity contribution in [1.82, 2.24) is 25.1 Å². The predicted octanol–water partition coefficient (Wildman–Crippen LogP) is 1.85. The van der Waals surface area contributed by atoms with E-state index in [2.05, 4.69) is 20.4 Å². The molecule has 1 N–H and O–H groups in total. The van der Waals surface area contributed by atoms with Gasteiger partial charge in [-0.15, -0.1) is 0 Å². The molecule has 2 aromatic rings. The number of carbonyl (C=O) groups excluding carboxylic acids is 2. The Bertz CT molecular complexity index is 811. The number of rotatable bonds is 5. The highest BCUT2D eigenvalue weighted by Crippen LogP contribution is 2.22. The fourth-order valence-corrected chi connectivity index (χ4v) is 3.03. The Kier molecular flexibility index (Phi) is 5.29. The molecule has 1 aliphatic rings. The molecule has 0 saturated heterocycles. The van der Waals surface area contributed by atoms with Gasteiger partial charge in [0.25, 0.3) is 5.91 Å². The number of aryl methyl sites for hydroxylation is 1. The van der Waals surface area contributed by atoms with Crippen molar-refractivity contribution in [3.63, 3.8) is 0 Å². The van der Waals surface area contributed by atoms with Crippen molar-refractivity contribution in [3.05, 3.63) is 40.7 Å². The fourth-order valence-electron chi connectivity index (χ4n) is 3.03. The normalized spacial score (nSPS) is 13.4. The van der Waals surface area contributed by atoms with E-state index in [0.29, 0.717) is 22.6 Å². The monoisotopic (exact) mass is 357 g/mol. The van der Waals surface area contributed by atoms with Crippen LogP contribution in [0, 0.1) is 0 Å². The lowest BCUT2D eigenvalue weighted by Crippen LogP contribution is -2.24. The molecule has 0 unspecified atom stereocenters. The summed E-state index contributed by atoms with van der Waals surface area (Å²) in [6.45, 7) is 4.90. The van der Waals surface area contributed by atoms with Crippen LogP contribution in [0.3, 0.4) is 0 Å². The van der Waals surface area contributed by atoms with Gasteiger partial charge >= 0.3 is 5.97 Å². The van der Waals surface area contributed by atoms with E-state index in [-0.39, 0.29) is 18.4 Å². The third-order valence-electron chi connectivity index (χ3n) is 4.42. The third kappa shape index (κ3) is 3.58. The molecule has 138 valence electrons. The second kappa shape index (κ2) is 7.63. The average molecular weight is 357 g/mol. The first-order valence-corrected chi connectivity index (χ1v) is 8.78. The van der Waals surface area contributed by atoms with Gasteiger partial charge in [-0.3, -0.25) is 9.48 Å². The largest absolute Gasteiger partial charge is 0.465 e. The van der Waals surface area contributed by atoms with E-state index in [0.717, 1.165) is 31.5 Å². The maximum Gasteiger partial charge on any atom is 0.341 e. The Morgan fingerprint density at radius 2 is 2.00 bits per heavy atom. The van der Waals surface area contributed by atoms with Crippen LogP contribution in [0.5, 0.6) is 0 Å². The van der Waals surface area contributed by atoms with Crippen molar-refractivity contribution in [1.29, 1.82) is 0 Å². The van der Waals surface area contributed by atoms with Crippen LogP contribution >= 0.6 is 0 Å². The number of hydrogen-bond acceptors (Lipinski definition) is 6. The van der Waals surface area contributed by atoms with Gasteiger partial charge in [0.1, 0.15) is 11.4 Å². The minimum atomic E-state index is -0.415. The molecule has 1 aliphatic heterocycles. The summed E-state index contributed by atoms with van der Waals surface area (Å²) >= 11 is 0. The lowest BCUT2D eigenvalue weighted by molar-refractivity contribution is 0.0597. The van der Waals surface area contributed by atoms with Crippen LogP contribution in [0.15, 0.2) is 12.4 Å². The molecule has 0 atom stereocenters. The molecular weight excluding hydrogens is 334 g/mol. The van der Waals surface area contributed by atoms with Crippen molar-refractivity contribution in [2.45, 2.75) is 52.1 Å². The molecule has 3 heterocycles. The summed E-state index contributed by atoms with van der Waals surface area (Å²) in [6.07, 6.45) is 5.85. The van der Waals surface area contributed by atoms with Crippen molar-refractivity contribution in [3.8, 4) is 0 Å². The van der Waals surface area contributed by atoms with Crippen LogP contribution in [-0.4, -0.2) is 38.7 Å². The number of fused-ring (bicyclic) bond motifs is 1. The second-order valence-corrected chi connectivity index (χ2v) is 6.61. The Morgan fingerprint density at radius 3 is 2.65 bits per heavy atom. The predicted molar refractivity (Wildman–Crippen MR) is 93.8 cm³/mol. The molecule has 0 aliphatic carbocycles. The molecule has 1 amide bonds. The van der Waals surface area contributed by atoms with Crippen LogP contribution in [0.2, 0.25) is 0 Å². The van der Waals surface area contributed by atoms with Crippen LogP contribution in [0.25, 0.3) is 0 Å². The molecule has 0 spiro atoms. The molecule has 8 nitrogen and oxygen atoms in total. The zero-order valence-corrected chi connectivity index (χ0v) is 15.3. The number of methoxy groups -OCH3 is 1. The molecule has 0 radical (unpaired) electrons. The average Bonchev–Trinajstić information content (AvgIpc) is 3.04. The molecule has 3 rings (SSSR count). The lowest BCUT2D eigenvalue weighted by atomic mass is 10.0. The summed E-state index contributed by atoms with van der Waals surface area (Å²) in [5, 5.41) is 7.28. The number of aromatic nitrogens is 4. The Morgan fingerprint density at radius 1 is 1.27 bits per heavy atom. The number of esters is 1. The molecule has 0 bridgehead atoms. The number of hydrogen-bond donors (Lipinski definition) is 1. The summed E-state index contributed by atoms with van der Waals surface area (Å²) in [5.41, 5.74) is 2.26. The number of ether oxygens (including phenoxy) is 1. The highest BCUT2D eigenvalue weighted by molar-refractivity contribution is 5.94. The number of nitrogens with one attached hydrogen (secondary N) is 1. The topological polar surface area (TPSA) is 99.0 Å². The first-order chi connectivity index (χ1) is 12.5. The zero-order valence-electron chi connectivity index (χ0n) is 15.3. The second-order valence-electron chi connectivity index (χ2n) is 6.61. The molecular formula is C18H23N5O3. The minimum Gasteiger partial charge on any atom is -0.465 e. The number of amides is 1. The maximum absolute atomic E-state index is 12.4. The van der Waals surface area contributed by atoms with E-state index in [4.69, 9.17) is 4.74 Å². The van der Waals surface area contributed by atoms with Gasteiger partial charge in [0.05, 0.1) is 30.6 Å². The smallest absolute Gasteiger partial charge is 0.341 e. The van der Waals surface area contributed by atoms with Crippen molar-refractivity contribution >= 4 is 11.9 Å². The first kappa shape index (κ1) is 18.0. The molecule has 0 fully saturated rings. The summed E-state index contributed by atoms with van der Waals surface area (Å²) in [5.74, 6) is 0.173. The van der Waals surface area contributed by atoms with Crippen molar-refractivity contribution in [2.24, 2.45) is 0 Å².